The second-order valence-electron chi connectivity index (χ2n) is 5.81. The molecule has 1 N–H and O–H groups in total. The van der Waals surface area contributed by atoms with Crippen LogP contribution < -0.4 is 5.32 Å². The molecule has 0 aliphatic carbocycles. The SMILES string of the molecule is CSC(C)CN1C(=O)C(C)(C)NC(=O)C1C(C)C. The first-order chi connectivity index (χ1) is 8.20. The Kier molecular flexibility index (Phi) is 4.70. The Morgan fingerprint density at radius 3 is 2.33 bits per heavy atom. The van der Waals surface area contributed by atoms with Crippen molar-refractivity contribution in [3.63, 3.8) is 0 Å². The van der Waals surface area contributed by atoms with Crippen LogP contribution >= 0.6 is 11.8 Å². The van der Waals surface area contributed by atoms with Gasteiger partial charge in [0.25, 0.3) is 0 Å². The lowest BCUT2D eigenvalue weighted by molar-refractivity contribution is -0.155. The summed E-state index contributed by atoms with van der Waals surface area (Å²) in [5.41, 5.74) is -0.791. The highest BCUT2D eigenvalue weighted by Crippen LogP contribution is 2.24. The molecule has 5 heteroatoms. The molecule has 18 heavy (non-hydrogen) atoms. The number of nitrogens with one attached hydrogen (secondary N) is 1. The third-order valence-corrected chi connectivity index (χ3v) is 4.28. The van der Waals surface area contributed by atoms with Crippen LogP contribution in [-0.4, -0.2) is 46.3 Å². The molecule has 0 radical (unpaired) electrons. The van der Waals surface area contributed by atoms with Crippen LogP contribution in [0.1, 0.15) is 34.6 Å². The topological polar surface area (TPSA) is 49.4 Å². The predicted octanol–water partition coefficient (Wildman–Crippen LogP) is 1.50. The van der Waals surface area contributed by atoms with Gasteiger partial charge in [0.15, 0.2) is 0 Å². The van der Waals surface area contributed by atoms with E-state index in [1.165, 1.54) is 0 Å². The summed E-state index contributed by atoms with van der Waals surface area (Å²) in [4.78, 5) is 26.4. The number of hydrogen-bond donors (Lipinski definition) is 1. The van der Waals surface area contributed by atoms with Gasteiger partial charge in [-0.15, -0.1) is 0 Å². The molecule has 1 fully saturated rings. The first-order valence-corrected chi connectivity index (χ1v) is 7.65. The zero-order chi connectivity index (χ0) is 14.1. The third kappa shape index (κ3) is 2.99. The average Bonchev–Trinajstić information content (AvgIpc) is 2.24. The first-order valence-electron chi connectivity index (χ1n) is 6.36. The van der Waals surface area contributed by atoms with E-state index in [4.69, 9.17) is 0 Å². The van der Waals surface area contributed by atoms with Crippen LogP contribution in [0.4, 0.5) is 0 Å². The fourth-order valence-corrected chi connectivity index (χ4v) is 2.58. The number of hydrogen-bond acceptors (Lipinski definition) is 3. The molecule has 1 saturated heterocycles. The van der Waals surface area contributed by atoms with E-state index in [0.29, 0.717) is 11.8 Å². The number of piperazine rings is 1. The number of carbonyl (C=O) groups is 2. The molecule has 0 saturated carbocycles. The molecule has 1 aliphatic heterocycles. The summed E-state index contributed by atoms with van der Waals surface area (Å²) in [5.74, 6) is 0.101. The van der Waals surface area contributed by atoms with E-state index in [1.807, 2.05) is 20.1 Å². The van der Waals surface area contributed by atoms with Gasteiger partial charge in [0.1, 0.15) is 11.6 Å². The lowest BCUT2D eigenvalue weighted by Gasteiger charge is -2.45. The third-order valence-electron chi connectivity index (χ3n) is 3.32. The minimum absolute atomic E-state index is 0.0155. The molecule has 1 aliphatic rings. The Bertz CT molecular complexity index is 342. The Hall–Kier alpha value is -0.710. The fraction of sp³-hybridized carbons (Fsp3) is 0.846. The molecule has 0 aromatic carbocycles. The van der Waals surface area contributed by atoms with Crippen molar-refractivity contribution in [2.24, 2.45) is 5.92 Å². The van der Waals surface area contributed by atoms with Crippen molar-refractivity contribution in [3.8, 4) is 0 Å². The molecular weight excluding hydrogens is 248 g/mol. The van der Waals surface area contributed by atoms with Gasteiger partial charge >= 0.3 is 0 Å². The van der Waals surface area contributed by atoms with Crippen LogP contribution in [0.2, 0.25) is 0 Å². The summed E-state index contributed by atoms with van der Waals surface area (Å²) >= 11 is 1.71. The molecule has 0 aromatic rings. The van der Waals surface area contributed by atoms with E-state index in [2.05, 4.69) is 12.2 Å². The molecule has 2 amide bonds. The van der Waals surface area contributed by atoms with Crippen molar-refractivity contribution in [2.45, 2.75) is 51.4 Å². The molecule has 0 bridgehead atoms. The normalized spacial score (nSPS) is 25.3. The zero-order valence-electron chi connectivity index (χ0n) is 12.1. The van der Waals surface area contributed by atoms with Crippen LogP contribution in [0.3, 0.4) is 0 Å². The molecule has 2 atom stereocenters. The summed E-state index contributed by atoms with van der Waals surface area (Å²) in [5, 5.41) is 3.15. The summed E-state index contributed by atoms with van der Waals surface area (Å²) < 4.78 is 0. The van der Waals surface area contributed by atoms with Crippen LogP contribution in [0, 0.1) is 5.92 Å². The summed E-state index contributed by atoms with van der Waals surface area (Å²) in [6.45, 7) is 10.2. The zero-order valence-corrected chi connectivity index (χ0v) is 12.9. The summed E-state index contributed by atoms with van der Waals surface area (Å²) in [6, 6.07) is -0.347. The lowest BCUT2D eigenvalue weighted by Crippen LogP contribution is -2.69. The molecule has 0 aromatic heterocycles. The quantitative estimate of drug-likeness (QED) is 0.844. The minimum Gasteiger partial charge on any atom is -0.340 e. The van der Waals surface area contributed by atoms with Crippen LogP contribution in [0.15, 0.2) is 0 Å². The second-order valence-corrected chi connectivity index (χ2v) is 7.08. The van der Waals surface area contributed by atoms with Crippen molar-refractivity contribution in [2.75, 3.05) is 12.8 Å². The highest BCUT2D eigenvalue weighted by atomic mass is 32.2. The Balaban J connectivity index is 3.02. The van der Waals surface area contributed by atoms with Crippen molar-refractivity contribution in [3.05, 3.63) is 0 Å². The van der Waals surface area contributed by atoms with Gasteiger partial charge in [-0.2, -0.15) is 11.8 Å². The first kappa shape index (κ1) is 15.3. The van der Waals surface area contributed by atoms with Gasteiger partial charge in [0, 0.05) is 11.8 Å². The van der Waals surface area contributed by atoms with Gasteiger partial charge in [0.05, 0.1) is 0 Å². The van der Waals surface area contributed by atoms with E-state index >= 15 is 0 Å². The van der Waals surface area contributed by atoms with Crippen LogP contribution in [0.25, 0.3) is 0 Å². The van der Waals surface area contributed by atoms with E-state index < -0.39 is 5.54 Å². The average molecular weight is 272 g/mol. The van der Waals surface area contributed by atoms with Gasteiger partial charge in [-0.3, -0.25) is 9.59 Å². The molecular formula is C13H24N2O2S. The molecule has 4 nitrogen and oxygen atoms in total. The van der Waals surface area contributed by atoms with Gasteiger partial charge < -0.3 is 10.2 Å². The van der Waals surface area contributed by atoms with Crippen molar-refractivity contribution in [1.29, 1.82) is 0 Å². The Morgan fingerprint density at radius 1 is 1.33 bits per heavy atom. The van der Waals surface area contributed by atoms with Gasteiger partial charge in [-0.25, -0.2) is 0 Å². The highest BCUT2D eigenvalue weighted by Gasteiger charge is 2.46. The van der Waals surface area contributed by atoms with E-state index in [9.17, 15) is 9.59 Å². The van der Waals surface area contributed by atoms with Gasteiger partial charge in [-0.05, 0) is 26.0 Å². The monoisotopic (exact) mass is 272 g/mol. The van der Waals surface area contributed by atoms with Crippen molar-refractivity contribution >= 4 is 23.6 Å². The van der Waals surface area contributed by atoms with Crippen molar-refractivity contribution in [1.82, 2.24) is 10.2 Å². The second kappa shape index (κ2) is 5.51. The van der Waals surface area contributed by atoms with E-state index in [1.54, 1.807) is 30.5 Å². The molecule has 1 rings (SSSR count). The largest absolute Gasteiger partial charge is 0.340 e. The van der Waals surface area contributed by atoms with Gasteiger partial charge in [0.2, 0.25) is 11.8 Å². The predicted molar refractivity (Wildman–Crippen MR) is 75.5 cm³/mol. The smallest absolute Gasteiger partial charge is 0.248 e. The molecule has 2 unspecified atom stereocenters. The number of rotatable bonds is 4. The summed E-state index contributed by atoms with van der Waals surface area (Å²) in [7, 11) is 0. The molecule has 104 valence electrons. The highest BCUT2D eigenvalue weighted by molar-refractivity contribution is 7.99. The Morgan fingerprint density at radius 2 is 1.89 bits per heavy atom. The molecule has 1 heterocycles. The number of carbonyl (C=O) groups excluding carboxylic acids is 2. The minimum atomic E-state index is -0.791. The van der Waals surface area contributed by atoms with Crippen molar-refractivity contribution < 1.29 is 9.59 Å². The maximum atomic E-state index is 12.5. The van der Waals surface area contributed by atoms with E-state index in [0.717, 1.165) is 0 Å². The maximum Gasteiger partial charge on any atom is 0.248 e. The number of amides is 2. The maximum absolute atomic E-state index is 12.5. The van der Waals surface area contributed by atoms with Crippen LogP contribution in [-0.2, 0) is 9.59 Å². The number of nitrogens with zero attached hydrogens (tertiary/aromatic N) is 1. The summed E-state index contributed by atoms with van der Waals surface area (Å²) in [6.07, 6.45) is 2.02. The lowest BCUT2D eigenvalue weighted by atomic mass is 9.91. The van der Waals surface area contributed by atoms with Crippen LogP contribution in [0.5, 0.6) is 0 Å². The standard InChI is InChI=1S/C13H24N2O2S/c1-8(2)10-11(16)14-13(4,5)12(17)15(10)7-9(3)18-6/h8-10H,7H2,1-6H3,(H,14,16). The fourth-order valence-electron chi connectivity index (χ4n) is 2.27. The molecule has 0 spiro atoms. The van der Waals surface area contributed by atoms with E-state index in [-0.39, 0.29) is 23.8 Å². The van der Waals surface area contributed by atoms with Gasteiger partial charge in [-0.1, -0.05) is 20.8 Å². The Labute approximate surface area is 114 Å². The number of thioether (sulfide) groups is 1.